The lowest BCUT2D eigenvalue weighted by Gasteiger charge is -2.08. The van der Waals surface area contributed by atoms with Crippen LogP contribution in [0.3, 0.4) is 0 Å². The molecule has 4 nitrogen and oxygen atoms in total. The van der Waals surface area contributed by atoms with E-state index in [1.807, 2.05) is 13.0 Å². The summed E-state index contributed by atoms with van der Waals surface area (Å²) in [5.74, 6) is 0.0582. The quantitative estimate of drug-likeness (QED) is 0.330. The number of nitrogens with zero attached hydrogens (tertiary/aromatic N) is 2. The maximum absolute atomic E-state index is 12.2. The lowest BCUT2D eigenvalue weighted by molar-refractivity contribution is -0.113. The van der Waals surface area contributed by atoms with Crippen LogP contribution in [-0.2, 0) is 4.79 Å². The highest BCUT2D eigenvalue weighted by molar-refractivity contribution is 8.01. The summed E-state index contributed by atoms with van der Waals surface area (Å²) >= 11 is 26.0. The van der Waals surface area contributed by atoms with E-state index < -0.39 is 0 Å². The zero-order valence-electron chi connectivity index (χ0n) is 13.8. The third-order valence-electron chi connectivity index (χ3n) is 3.48. The van der Waals surface area contributed by atoms with Crippen LogP contribution in [-0.4, -0.2) is 21.4 Å². The Kier molecular flexibility index (Phi) is 6.83. The van der Waals surface area contributed by atoms with E-state index in [0.717, 1.165) is 11.3 Å². The topological polar surface area (TPSA) is 46.9 Å². The molecule has 0 fully saturated rings. The van der Waals surface area contributed by atoms with Crippen molar-refractivity contribution >= 4 is 81.7 Å². The van der Waals surface area contributed by atoms with Gasteiger partial charge in [-0.05, 0) is 55.0 Å². The third-order valence-corrected chi connectivity index (χ3v) is 6.82. The van der Waals surface area contributed by atoms with Crippen molar-refractivity contribution in [1.29, 1.82) is 0 Å². The predicted molar refractivity (Wildman–Crippen MR) is 118 cm³/mol. The molecule has 0 saturated heterocycles. The maximum Gasteiger partial charge on any atom is 0.234 e. The number of halogens is 3. The SMILES string of the molecule is Cc1ccc(Cl)cc1NC(=O)CSc1nn(-c2ccc(Cl)c(Cl)c2)c(=S)s1. The van der Waals surface area contributed by atoms with E-state index in [0.29, 0.717) is 29.0 Å². The van der Waals surface area contributed by atoms with E-state index in [9.17, 15) is 4.79 Å². The van der Waals surface area contributed by atoms with Crippen LogP contribution in [0.25, 0.3) is 5.69 Å². The largest absolute Gasteiger partial charge is 0.325 e. The molecular weight excluding hydrogens is 465 g/mol. The summed E-state index contributed by atoms with van der Waals surface area (Å²) in [6, 6.07) is 10.5. The number of aromatic nitrogens is 2. The van der Waals surface area contributed by atoms with Gasteiger partial charge >= 0.3 is 0 Å². The van der Waals surface area contributed by atoms with Gasteiger partial charge in [-0.25, -0.2) is 4.68 Å². The van der Waals surface area contributed by atoms with Gasteiger partial charge in [-0.2, -0.15) is 0 Å². The van der Waals surface area contributed by atoms with Crippen molar-refractivity contribution in [3.63, 3.8) is 0 Å². The fourth-order valence-corrected chi connectivity index (χ4v) is 4.77. The summed E-state index contributed by atoms with van der Waals surface area (Å²) in [7, 11) is 0. The first-order valence-electron chi connectivity index (χ1n) is 7.58. The molecule has 3 aromatic rings. The number of amides is 1. The number of benzene rings is 2. The number of rotatable bonds is 5. The molecule has 0 spiro atoms. The molecule has 1 heterocycles. The van der Waals surface area contributed by atoms with Crippen molar-refractivity contribution in [3.8, 4) is 5.69 Å². The molecule has 0 unspecified atom stereocenters. The molecule has 0 radical (unpaired) electrons. The smallest absolute Gasteiger partial charge is 0.234 e. The standard InChI is InChI=1S/C17H12Cl3N3OS3/c1-9-2-3-10(18)6-14(9)21-15(24)8-26-16-22-23(17(25)27-16)11-4-5-12(19)13(20)7-11/h2-7H,8H2,1H3,(H,21,24). The van der Waals surface area contributed by atoms with Crippen molar-refractivity contribution in [3.05, 3.63) is 61.0 Å². The minimum absolute atomic E-state index is 0.146. The molecule has 1 aromatic heterocycles. The normalized spacial score (nSPS) is 10.8. The molecule has 0 atom stereocenters. The second kappa shape index (κ2) is 8.94. The Morgan fingerprint density at radius 1 is 1.22 bits per heavy atom. The second-order valence-electron chi connectivity index (χ2n) is 5.44. The molecule has 0 saturated carbocycles. The van der Waals surface area contributed by atoms with Crippen LogP contribution in [0.2, 0.25) is 15.1 Å². The Morgan fingerprint density at radius 2 is 2.00 bits per heavy atom. The summed E-state index contributed by atoms with van der Waals surface area (Å²) in [6.07, 6.45) is 0. The van der Waals surface area contributed by atoms with Crippen LogP contribution in [0.1, 0.15) is 5.56 Å². The zero-order valence-corrected chi connectivity index (χ0v) is 18.5. The van der Waals surface area contributed by atoms with Gasteiger partial charge in [-0.1, -0.05) is 64.0 Å². The van der Waals surface area contributed by atoms with Gasteiger partial charge in [-0.15, -0.1) is 5.10 Å². The molecule has 10 heteroatoms. The van der Waals surface area contributed by atoms with E-state index in [1.165, 1.54) is 23.1 Å². The maximum atomic E-state index is 12.2. The van der Waals surface area contributed by atoms with Gasteiger partial charge < -0.3 is 5.32 Å². The summed E-state index contributed by atoms with van der Waals surface area (Å²) in [6.45, 7) is 1.91. The number of thioether (sulfide) groups is 1. The van der Waals surface area contributed by atoms with Gasteiger partial charge in [0.2, 0.25) is 5.91 Å². The van der Waals surface area contributed by atoms with Crippen molar-refractivity contribution in [1.82, 2.24) is 9.78 Å². The zero-order chi connectivity index (χ0) is 19.6. The van der Waals surface area contributed by atoms with Crippen LogP contribution in [0.4, 0.5) is 5.69 Å². The number of carbonyl (C=O) groups is 1. The van der Waals surface area contributed by atoms with E-state index in [1.54, 1.807) is 35.0 Å². The number of anilines is 1. The van der Waals surface area contributed by atoms with Crippen molar-refractivity contribution in [2.45, 2.75) is 11.3 Å². The monoisotopic (exact) mass is 475 g/mol. The van der Waals surface area contributed by atoms with E-state index in [4.69, 9.17) is 47.0 Å². The Labute approximate surface area is 184 Å². The molecule has 3 rings (SSSR count). The molecule has 140 valence electrons. The lowest BCUT2D eigenvalue weighted by atomic mass is 10.2. The van der Waals surface area contributed by atoms with E-state index in [-0.39, 0.29) is 11.7 Å². The molecule has 2 aromatic carbocycles. The molecular formula is C17H12Cl3N3OS3. The predicted octanol–water partition coefficient (Wildman–Crippen LogP) is 6.66. The van der Waals surface area contributed by atoms with Gasteiger partial charge in [0.15, 0.2) is 8.29 Å². The highest BCUT2D eigenvalue weighted by atomic mass is 35.5. The third kappa shape index (κ3) is 5.25. The highest BCUT2D eigenvalue weighted by Gasteiger charge is 2.11. The van der Waals surface area contributed by atoms with E-state index >= 15 is 0 Å². The van der Waals surface area contributed by atoms with Gasteiger partial charge in [0.05, 0.1) is 21.5 Å². The first kappa shape index (κ1) is 20.6. The van der Waals surface area contributed by atoms with Gasteiger partial charge in [-0.3, -0.25) is 4.79 Å². The number of aryl methyl sites for hydroxylation is 1. The minimum atomic E-state index is -0.146. The van der Waals surface area contributed by atoms with E-state index in [2.05, 4.69) is 10.4 Å². The summed E-state index contributed by atoms with van der Waals surface area (Å²) in [4.78, 5) is 12.2. The van der Waals surface area contributed by atoms with Gasteiger partial charge in [0.1, 0.15) is 0 Å². The second-order valence-corrected chi connectivity index (χ2v) is 9.54. The highest BCUT2D eigenvalue weighted by Crippen LogP contribution is 2.28. The number of hydrogen-bond donors (Lipinski definition) is 1. The lowest BCUT2D eigenvalue weighted by Crippen LogP contribution is -2.14. The number of carbonyl (C=O) groups excluding carboxylic acids is 1. The first-order chi connectivity index (χ1) is 12.8. The molecule has 1 amide bonds. The Bertz CT molecular complexity index is 1070. The van der Waals surface area contributed by atoms with Crippen molar-refractivity contribution in [2.24, 2.45) is 0 Å². The Morgan fingerprint density at radius 3 is 2.74 bits per heavy atom. The number of nitrogens with one attached hydrogen (secondary N) is 1. The fraction of sp³-hybridized carbons (Fsp3) is 0.118. The molecule has 27 heavy (non-hydrogen) atoms. The Balaban J connectivity index is 1.68. The fourth-order valence-electron chi connectivity index (χ4n) is 2.14. The van der Waals surface area contributed by atoms with Crippen LogP contribution in [0.15, 0.2) is 40.7 Å². The van der Waals surface area contributed by atoms with Gasteiger partial charge in [0, 0.05) is 10.7 Å². The average molecular weight is 477 g/mol. The molecule has 0 bridgehead atoms. The van der Waals surface area contributed by atoms with Crippen molar-refractivity contribution in [2.75, 3.05) is 11.1 Å². The summed E-state index contributed by atoms with van der Waals surface area (Å²) < 4.78 is 2.84. The summed E-state index contributed by atoms with van der Waals surface area (Å²) in [5, 5.41) is 8.77. The van der Waals surface area contributed by atoms with Crippen molar-refractivity contribution < 1.29 is 4.79 Å². The summed E-state index contributed by atoms with van der Waals surface area (Å²) in [5.41, 5.74) is 2.36. The van der Waals surface area contributed by atoms with Crippen LogP contribution in [0.5, 0.6) is 0 Å². The molecule has 0 aliphatic carbocycles. The molecule has 1 N–H and O–H groups in total. The van der Waals surface area contributed by atoms with Gasteiger partial charge in [0.25, 0.3) is 0 Å². The molecule has 0 aliphatic heterocycles. The number of hydrogen-bond acceptors (Lipinski definition) is 5. The van der Waals surface area contributed by atoms with Crippen LogP contribution >= 0.6 is 70.1 Å². The Hall–Kier alpha value is -1.09. The minimum Gasteiger partial charge on any atom is -0.325 e. The van der Waals surface area contributed by atoms with Crippen LogP contribution < -0.4 is 5.32 Å². The molecule has 0 aliphatic rings. The van der Waals surface area contributed by atoms with Crippen LogP contribution in [0, 0.1) is 10.9 Å². The first-order valence-corrected chi connectivity index (χ1v) is 10.9. The average Bonchev–Trinajstić information content (AvgIpc) is 2.99.